The van der Waals surface area contributed by atoms with Crippen molar-refractivity contribution < 1.29 is 0 Å². The van der Waals surface area contributed by atoms with E-state index in [0.717, 1.165) is 44.8 Å². The lowest BCUT2D eigenvalue weighted by molar-refractivity contribution is 0.661. The third kappa shape index (κ3) is 6.51. The van der Waals surface area contributed by atoms with E-state index in [4.69, 9.17) is 15.0 Å². The number of nitrogens with zero attached hydrogens (tertiary/aromatic N) is 5. The molecule has 0 saturated heterocycles. The van der Waals surface area contributed by atoms with Crippen molar-refractivity contribution in [2.75, 3.05) is 0 Å². The molecule has 3 heterocycles. The summed E-state index contributed by atoms with van der Waals surface area (Å²) >= 11 is 0. The highest BCUT2D eigenvalue weighted by Crippen LogP contribution is 2.54. The number of benzene rings is 10. The summed E-state index contributed by atoms with van der Waals surface area (Å²) in [5.74, 6) is 1.92. The lowest BCUT2D eigenvalue weighted by Crippen LogP contribution is -2.15. The predicted octanol–water partition coefficient (Wildman–Crippen LogP) is 16.7. The molecule has 0 saturated carbocycles. The number of para-hydroxylation sites is 4. The maximum absolute atomic E-state index is 5.38. The summed E-state index contributed by atoms with van der Waals surface area (Å²) in [5, 5.41) is 4.90. The van der Waals surface area contributed by atoms with Gasteiger partial charge in [0.2, 0.25) is 0 Å². The van der Waals surface area contributed by atoms with Crippen molar-refractivity contribution in [2.24, 2.45) is 0 Å². The van der Waals surface area contributed by atoms with E-state index < -0.39 is 0 Å². The first-order valence-corrected chi connectivity index (χ1v) is 24.3. The molecule has 0 spiro atoms. The molecule has 5 nitrogen and oxygen atoms in total. The molecule has 334 valence electrons. The minimum Gasteiger partial charge on any atom is -0.309 e. The Balaban J connectivity index is 0.983. The van der Waals surface area contributed by atoms with Crippen LogP contribution in [0.2, 0.25) is 0 Å². The second kappa shape index (κ2) is 15.9. The minimum atomic E-state index is -0.371. The molecule has 0 fully saturated rings. The fraction of sp³-hybridized carbons (Fsp3) is 0.0455. The lowest BCUT2D eigenvalue weighted by atomic mass is 9.80. The summed E-state index contributed by atoms with van der Waals surface area (Å²) in [5.41, 5.74) is 19.0. The fourth-order valence-electron chi connectivity index (χ4n) is 11.3. The standard InChI is InChI=1S/C66H45N5/c1-66(2)56-40-46(44-32-35-60-53(37-44)50-27-15-17-29-58(50)70(60)48-23-11-5-12-24-48)31-34-52(56)62-55(65-68-63(42-19-7-3-8-20-42)67-64(69-65)43-21-9-4-10-22-43)39-47(41-57(62)66)45-33-36-61-54(38-45)51-28-16-18-30-59(51)71(61)49-25-13-6-14-26-49/h3-41H,1-2H3. The van der Waals surface area contributed by atoms with E-state index in [0.29, 0.717) is 17.5 Å². The van der Waals surface area contributed by atoms with E-state index in [1.54, 1.807) is 0 Å². The number of aromatic nitrogens is 5. The molecule has 1 aliphatic carbocycles. The van der Waals surface area contributed by atoms with Gasteiger partial charge in [0.15, 0.2) is 17.5 Å². The molecule has 0 N–H and O–H groups in total. The number of hydrogen-bond acceptors (Lipinski definition) is 3. The van der Waals surface area contributed by atoms with Crippen LogP contribution in [0.25, 0.3) is 123 Å². The second-order valence-electron chi connectivity index (χ2n) is 19.2. The predicted molar refractivity (Wildman–Crippen MR) is 293 cm³/mol. The third-order valence-electron chi connectivity index (χ3n) is 14.8. The van der Waals surface area contributed by atoms with E-state index in [1.807, 2.05) is 36.4 Å². The summed E-state index contributed by atoms with van der Waals surface area (Å²) in [6.45, 7) is 4.75. The molecule has 5 heteroatoms. The normalized spacial score (nSPS) is 12.8. The molecule has 3 aromatic heterocycles. The largest absolute Gasteiger partial charge is 0.309 e. The zero-order chi connectivity index (χ0) is 47.2. The van der Waals surface area contributed by atoms with Gasteiger partial charge in [-0.15, -0.1) is 0 Å². The Kier molecular flexibility index (Phi) is 9.17. The molecular formula is C66H45N5. The van der Waals surface area contributed by atoms with E-state index in [9.17, 15) is 0 Å². The maximum Gasteiger partial charge on any atom is 0.164 e. The zero-order valence-electron chi connectivity index (χ0n) is 39.3. The molecule has 0 amide bonds. The highest BCUT2D eigenvalue weighted by atomic mass is 15.0. The molecule has 0 bridgehead atoms. The topological polar surface area (TPSA) is 48.5 Å². The Hall–Kier alpha value is -9.19. The fourth-order valence-corrected chi connectivity index (χ4v) is 11.3. The number of hydrogen-bond donors (Lipinski definition) is 0. The van der Waals surface area contributed by atoms with Crippen LogP contribution in [0, 0.1) is 0 Å². The van der Waals surface area contributed by atoms with Gasteiger partial charge in [0.1, 0.15) is 0 Å². The van der Waals surface area contributed by atoms with Gasteiger partial charge in [0, 0.05) is 55.0 Å². The van der Waals surface area contributed by atoms with Crippen molar-refractivity contribution >= 4 is 43.6 Å². The van der Waals surface area contributed by atoms with Crippen LogP contribution in [0.5, 0.6) is 0 Å². The average Bonchev–Trinajstić information content (AvgIpc) is 4.03. The molecule has 1 aliphatic rings. The smallest absolute Gasteiger partial charge is 0.164 e. The molecule has 13 aromatic rings. The first kappa shape index (κ1) is 40.8. The van der Waals surface area contributed by atoms with E-state index in [2.05, 4.69) is 223 Å². The molecule has 0 aliphatic heterocycles. The second-order valence-corrected chi connectivity index (χ2v) is 19.2. The van der Waals surface area contributed by atoms with Gasteiger partial charge in [-0.3, -0.25) is 0 Å². The quantitative estimate of drug-likeness (QED) is 0.160. The van der Waals surface area contributed by atoms with Crippen LogP contribution < -0.4 is 0 Å². The summed E-state index contributed by atoms with van der Waals surface area (Å²) in [6, 6.07) is 85.0. The summed E-state index contributed by atoms with van der Waals surface area (Å²) in [6.07, 6.45) is 0. The van der Waals surface area contributed by atoms with Crippen molar-refractivity contribution in [3.05, 3.63) is 248 Å². The Labute approximate surface area is 411 Å². The van der Waals surface area contributed by atoms with Crippen LogP contribution >= 0.6 is 0 Å². The van der Waals surface area contributed by atoms with Gasteiger partial charge in [-0.05, 0) is 123 Å². The van der Waals surface area contributed by atoms with Gasteiger partial charge in [0.05, 0.1) is 22.1 Å². The molecule has 0 atom stereocenters. The van der Waals surface area contributed by atoms with E-state index in [-0.39, 0.29) is 5.41 Å². The zero-order valence-corrected chi connectivity index (χ0v) is 39.3. The summed E-state index contributed by atoms with van der Waals surface area (Å²) in [7, 11) is 0. The lowest BCUT2D eigenvalue weighted by Gasteiger charge is -2.23. The van der Waals surface area contributed by atoms with Gasteiger partial charge >= 0.3 is 0 Å². The van der Waals surface area contributed by atoms with Crippen molar-refractivity contribution in [2.45, 2.75) is 19.3 Å². The van der Waals surface area contributed by atoms with Gasteiger partial charge in [0.25, 0.3) is 0 Å². The SMILES string of the molecule is CC1(C)c2cc(-c3ccc4c(c3)c3ccccc3n4-c3ccccc3)ccc2-c2c(-c3nc(-c4ccccc4)nc(-c4ccccc4)n3)cc(-c3ccc4c(c3)c3ccccc3n4-c3ccccc3)cc21. The van der Waals surface area contributed by atoms with Crippen molar-refractivity contribution in [1.29, 1.82) is 0 Å². The average molecular weight is 908 g/mol. The van der Waals surface area contributed by atoms with E-state index >= 15 is 0 Å². The van der Waals surface area contributed by atoms with Crippen LogP contribution in [0.15, 0.2) is 237 Å². The first-order valence-electron chi connectivity index (χ1n) is 24.3. The van der Waals surface area contributed by atoms with Crippen molar-refractivity contribution in [3.63, 3.8) is 0 Å². The third-order valence-corrected chi connectivity index (χ3v) is 14.8. The maximum atomic E-state index is 5.38. The van der Waals surface area contributed by atoms with Gasteiger partial charge < -0.3 is 9.13 Å². The van der Waals surface area contributed by atoms with Crippen LogP contribution in [0.3, 0.4) is 0 Å². The van der Waals surface area contributed by atoms with Crippen LogP contribution in [-0.4, -0.2) is 24.1 Å². The monoisotopic (exact) mass is 907 g/mol. The minimum absolute atomic E-state index is 0.371. The van der Waals surface area contributed by atoms with Crippen LogP contribution in [0.1, 0.15) is 25.0 Å². The first-order chi connectivity index (χ1) is 35.0. The highest BCUT2D eigenvalue weighted by molar-refractivity contribution is 6.12. The summed E-state index contributed by atoms with van der Waals surface area (Å²) in [4.78, 5) is 15.9. The molecule has 71 heavy (non-hydrogen) atoms. The molecule has 14 rings (SSSR count). The Morgan fingerprint density at radius 3 is 1.24 bits per heavy atom. The Morgan fingerprint density at radius 1 is 0.296 bits per heavy atom. The van der Waals surface area contributed by atoms with Gasteiger partial charge in [-0.2, -0.15) is 0 Å². The molecular weight excluding hydrogens is 863 g/mol. The summed E-state index contributed by atoms with van der Waals surface area (Å²) < 4.78 is 4.75. The Morgan fingerprint density at radius 2 is 0.704 bits per heavy atom. The van der Waals surface area contributed by atoms with Gasteiger partial charge in [-0.25, -0.2) is 15.0 Å². The van der Waals surface area contributed by atoms with Crippen LogP contribution in [-0.2, 0) is 5.41 Å². The van der Waals surface area contributed by atoms with E-state index in [1.165, 1.54) is 71.4 Å². The molecule has 0 radical (unpaired) electrons. The molecule has 10 aromatic carbocycles. The van der Waals surface area contributed by atoms with Crippen LogP contribution in [0.4, 0.5) is 0 Å². The highest BCUT2D eigenvalue weighted by Gasteiger charge is 2.39. The van der Waals surface area contributed by atoms with Crippen molar-refractivity contribution in [3.8, 4) is 78.9 Å². The number of fused-ring (bicyclic) bond motifs is 9. The molecule has 0 unspecified atom stereocenters. The Bertz CT molecular complexity index is 4170. The van der Waals surface area contributed by atoms with Gasteiger partial charge in [-0.1, -0.05) is 172 Å². The number of rotatable bonds is 7. The van der Waals surface area contributed by atoms with Crippen molar-refractivity contribution in [1.82, 2.24) is 24.1 Å².